The van der Waals surface area contributed by atoms with Crippen LogP contribution in [0, 0.1) is 5.82 Å². The van der Waals surface area contributed by atoms with Gasteiger partial charge in [0.25, 0.3) is 5.56 Å². The van der Waals surface area contributed by atoms with Gasteiger partial charge in [-0.15, -0.1) is 0 Å². The zero-order valence-electron chi connectivity index (χ0n) is 18.1. The van der Waals surface area contributed by atoms with E-state index in [1.165, 1.54) is 23.6 Å². The Balaban J connectivity index is 1.63. The summed E-state index contributed by atoms with van der Waals surface area (Å²) in [5.41, 5.74) is -0.466. The number of aromatic amines is 1. The molecule has 2 aromatic carbocycles. The number of hydrogen-bond acceptors (Lipinski definition) is 4. The van der Waals surface area contributed by atoms with Crippen LogP contribution in [0.1, 0.15) is 18.9 Å². The van der Waals surface area contributed by atoms with Crippen LogP contribution in [0.2, 0.25) is 10.0 Å². The second-order valence-electron chi connectivity index (χ2n) is 8.35. The fraction of sp³-hybridized carbons (Fsp3) is 0.208. The third-order valence-electron chi connectivity index (χ3n) is 6.27. The molecule has 0 bridgehead atoms. The van der Waals surface area contributed by atoms with Gasteiger partial charge < -0.3 is 10.2 Å². The monoisotopic (exact) mass is 499 g/mol. The largest absolute Gasteiger partial charge is 0.374 e. The van der Waals surface area contributed by atoms with Gasteiger partial charge in [0.15, 0.2) is 0 Å². The Morgan fingerprint density at radius 1 is 1.21 bits per heavy atom. The summed E-state index contributed by atoms with van der Waals surface area (Å²) in [7, 11) is 0. The number of nitrogens with zero attached hydrogens (tertiary/aromatic N) is 3. The Morgan fingerprint density at radius 3 is 2.74 bits per heavy atom. The van der Waals surface area contributed by atoms with Crippen LogP contribution in [0.3, 0.4) is 0 Å². The average Bonchev–Trinajstić information content (AvgIpc) is 3.48. The molecule has 0 aliphatic carbocycles. The van der Waals surface area contributed by atoms with E-state index in [0.29, 0.717) is 29.9 Å². The van der Waals surface area contributed by atoms with E-state index in [2.05, 4.69) is 15.5 Å². The Morgan fingerprint density at radius 2 is 2.03 bits per heavy atom. The van der Waals surface area contributed by atoms with Crippen molar-refractivity contribution < 1.29 is 9.18 Å². The maximum Gasteiger partial charge on any atom is 0.264 e. The predicted octanol–water partition coefficient (Wildman–Crippen LogP) is 4.72. The van der Waals surface area contributed by atoms with Crippen LogP contribution in [0.4, 0.5) is 10.1 Å². The molecule has 2 aromatic heterocycles. The van der Waals surface area contributed by atoms with E-state index in [1.807, 2.05) is 18.2 Å². The first-order chi connectivity index (χ1) is 16.3. The van der Waals surface area contributed by atoms with E-state index in [0.717, 1.165) is 5.39 Å². The zero-order chi connectivity index (χ0) is 24.0. The molecule has 1 fully saturated rings. The standard InChI is InChI=1S/C24H20Cl2FN5O2/c1-14(33)31-11-8-24(13-31,21-19(27)5-4-18(25)22(21)26)29-16-3-2-15-7-10-32(20-6-9-28-30-20)23(34)17(15)12-16/h2-7,9-10,12,29H,8,11,13H2,1H3,(H,28,30)/t24-/m1/s1. The van der Waals surface area contributed by atoms with Crippen molar-refractivity contribution in [3.8, 4) is 5.82 Å². The minimum absolute atomic E-state index is 0.0990. The quantitative estimate of drug-likeness (QED) is 0.398. The second kappa shape index (κ2) is 8.45. The lowest BCUT2D eigenvalue weighted by atomic mass is 9.87. The Labute approximate surface area is 204 Å². The van der Waals surface area contributed by atoms with E-state index in [1.54, 1.807) is 29.4 Å². The molecule has 5 rings (SSSR count). The summed E-state index contributed by atoms with van der Waals surface area (Å²) in [4.78, 5) is 26.9. The van der Waals surface area contributed by atoms with Crippen molar-refractivity contribution in [2.24, 2.45) is 0 Å². The molecule has 1 saturated heterocycles. The van der Waals surface area contributed by atoms with Crippen molar-refractivity contribution in [1.29, 1.82) is 0 Å². The maximum atomic E-state index is 15.1. The van der Waals surface area contributed by atoms with E-state index < -0.39 is 11.4 Å². The van der Waals surface area contributed by atoms with Gasteiger partial charge in [-0.2, -0.15) is 5.10 Å². The van der Waals surface area contributed by atoms with E-state index in [-0.39, 0.29) is 33.6 Å². The van der Waals surface area contributed by atoms with Crippen molar-refractivity contribution >= 4 is 45.6 Å². The van der Waals surface area contributed by atoms with Gasteiger partial charge in [0, 0.05) is 48.9 Å². The molecule has 3 heterocycles. The molecule has 34 heavy (non-hydrogen) atoms. The number of fused-ring (bicyclic) bond motifs is 1. The lowest BCUT2D eigenvalue weighted by Gasteiger charge is -2.33. The van der Waals surface area contributed by atoms with Gasteiger partial charge in [-0.1, -0.05) is 29.3 Å². The number of pyridine rings is 1. The highest BCUT2D eigenvalue weighted by atomic mass is 35.5. The molecule has 1 amide bonds. The highest BCUT2D eigenvalue weighted by molar-refractivity contribution is 6.42. The number of carbonyl (C=O) groups excluding carboxylic acids is 1. The number of likely N-dealkylation sites (tertiary alicyclic amines) is 1. The molecular weight excluding hydrogens is 480 g/mol. The number of anilines is 1. The topological polar surface area (TPSA) is 83.0 Å². The number of H-pyrrole nitrogens is 1. The maximum absolute atomic E-state index is 15.1. The molecule has 2 N–H and O–H groups in total. The van der Waals surface area contributed by atoms with Gasteiger partial charge in [0.05, 0.1) is 21.8 Å². The van der Waals surface area contributed by atoms with Crippen LogP contribution in [0.5, 0.6) is 0 Å². The zero-order valence-corrected chi connectivity index (χ0v) is 19.6. The first-order valence-corrected chi connectivity index (χ1v) is 11.4. The number of hydrogen-bond donors (Lipinski definition) is 2. The summed E-state index contributed by atoms with van der Waals surface area (Å²) in [6, 6.07) is 11.6. The Bertz CT molecular complexity index is 1470. The van der Waals surface area contributed by atoms with Crippen molar-refractivity contribution in [2.75, 3.05) is 18.4 Å². The van der Waals surface area contributed by atoms with Gasteiger partial charge in [-0.3, -0.25) is 19.3 Å². The van der Waals surface area contributed by atoms with Gasteiger partial charge in [0.1, 0.15) is 11.6 Å². The number of benzene rings is 2. The van der Waals surface area contributed by atoms with E-state index in [4.69, 9.17) is 23.2 Å². The van der Waals surface area contributed by atoms with E-state index >= 15 is 4.39 Å². The molecule has 0 spiro atoms. The molecule has 174 valence electrons. The summed E-state index contributed by atoms with van der Waals surface area (Å²) >= 11 is 12.7. The van der Waals surface area contributed by atoms with Gasteiger partial charge >= 0.3 is 0 Å². The van der Waals surface area contributed by atoms with Crippen molar-refractivity contribution in [3.05, 3.63) is 86.6 Å². The molecule has 7 nitrogen and oxygen atoms in total. The highest BCUT2D eigenvalue weighted by Crippen LogP contribution is 2.43. The summed E-state index contributed by atoms with van der Waals surface area (Å²) in [5.74, 6) is -0.0970. The summed E-state index contributed by atoms with van der Waals surface area (Å²) < 4.78 is 16.6. The second-order valence-corrected chi connectivity index (χ2v) is 9.14. The number of nitrogens with one attached hydrogen (secondary N) is 2. The molecule has 4 aromatic rings. The molecule has 10 heteroatoms. The molecule has 0 unspecified atom stereocenters. The van der Waals surface area contributed by atoms with Crippen molar-refractivity contribution in [1.82, 2.24) is 19.7 Å². The molecule has 1 atom stereocenters. The molecule has 1 aliphatic rings. The van der Waals surface area contributed by atoms with Gasteiger partial charge in [0.2, 0.25) is 5.91 Å². The number of aromatic nitrogens is 3. The first kappa shape index (κ1) is 22.4. The van der Waals surface area contributed by atoms with Crippen LogP contribution < -0.4 is 10.9 Å². The predicted molar refractivity (Wildman–Crippen MR) is 130 cm³/mol. The Kier molecular flexibility index (Phi) is 5.58. The highest BCUT2D eigenvalue weighted by Gasteiger charge is 2.44. The van der Waals surface area contributed by atoms with Crippen LogP contribution in [0.25, 0.3) is 16.6 Å². The minimum atomic E-state index is -1.03. The summed E-state index contributed by atoms with van der Waals surface area (Å²) in [6.07, 6.45) is 3.65. The Hall–Kier alpha value is -3.36. The fourth-order valence-corrected chi connectivity index (χ4v) is 5.07. The molecule has 0 radical (unpaired) electrons. The van der Waals surface area contributed by atoms with Crippen LogP contribution in [-0.4, -0.2) is 38.7 Å². The number of halogens is 3. The first-order valence-electron chi connectivity index (χ1n) is 10.6. The minimum Gasteiger partial charge on any atom is -0.374 e. The number of rotatable bonds is 4. The lowest BCUT2D eigenvalue weighted by molar-refractivity contribution is -0.127. The van der Waals surface area contributed by atoms with Crippen molar-refractivity contribution in [2.45, 2.75) is 18.9 Å². The van der Waals surface area contributed by atoms with E-state index in [9.17, 15) is 9.59 Å². The third kappa shape index (κ3) is 3.73. The summed E-state index contributed by atoms with van der Waals surface area (Å²) in [5, 5.41) is 11.6. The SMILES string of the molecule is CC(=O)N1CC[C@](Nc2ccc3ccn(-c4ccn[nH]4)c(=O)c3c2)(c2c(F)ccc(Cl)c2Cl)C1. The van der Waals surface area contributed by atoms with Crippen LogP contribution >= 0.6 is 23.2 Å². The number of amides is 1. The normalized spacial score (nSPS) is 17.9. The average molecular weight is 500 g/mol. The van der Waals surface area contributed by atoms with Gasteiger partial charge in [-0.05, 0) is 42.1 Å². The van der Waals surface area contributed by atoms with Crippen molar-refractivity contribution in [3.63, 3.8) is 0 Å². The van der Waals surface area contributed by atoms with Gasteiger partial charge in [-0.25, -0.2) is 4.39 Å². The number of carbonyl (C=O) groups is 1. The molecule has 1 aliphatic heterocycles. The van der Waals surface area contributed by atoms with Crippen LogP contribution in [-0.2, 0) is 10.3 Å². The fourth-order valence-electron chi connectivity index (χ4n) is 4.58. The third-order valence-corrected chi connectivity index (χ3v) is 7.08. The molecular formula is C24H20Cl2FN5O2. The molecule has 0 saturated carbocycles. The van der Waals surface area contributed by atoms with Crippen LogP contribution in [0.15, 0.2) is 59.7 Å². The summed E-state index contributed by atoms with van der Waals surface area (Å²) in [6.45, 7) is 2.09. The smallest absolute Gasteiger partial charge is 0.264 e. The lowest BCUT2D eigenvalue weighted by Crippen LogP contribution is -2.40.